The van der Waals surface area contributed by atoms with E-state index in [0.29, 0.717) is 32.1 Å². The van der Waals surface area contributed by atoms with Crippen LogP contribution in [0.5, 0.6) is 0 Å². The van der Waals surface area contributed by atoms with Crippen molar-refractivity contribution in [3.05, 3.63) is 0 Å². The van der Waals surface area contributed by atoms with E-state index in [4.69, 9.17) is 29.2 Å². The predicted octanol–water partition coefficient (Wildman–Crippen LogP) is 3.42. The lowest BCUT2D eigenvalue weighted by Crippen LogP contribution is -2.42. The summed E-state index contributed by atoms with van der Waals surface area (Å²) in [5.41, 5.74) is 0. The molecule has 0 unspecified atom stereocenters. The van der Waals surface area contributed by atoms with Gasteiger partial charge in [0.1, 0.15) is 37.7 Å². The van der Waals surface area contributed by atoms with Gasteiger partial charge in [-0.2, -0.15) is 0 Å². The highest BCUT2D eigenvalue weighted by Crippen LogP contribution is 2.16. The number of rotatable bonds is 58. The minimum atomic E-state index is -1.41. The first-order chi connectivity index (χ1) is 38.4. The van der Waals surface area contributed by atoms with Crippen molar-refractivity contribution in [1.29, 1.82) is 0 Å². The Hall–Kier alpha value is -5.47. The average molecular weight is 1150 g/mol. The maximum absolute atomic E-state index is 12.5. The van der Waals surface area contributed by atoms with Gasteiger partial charge < -0.3 is 71.1 Å². The number of carboxylic acids is 4. The lowest BCUT2D eigenvalue weighted by atomic mass is 9.97. The van der Waals surface area contributed by atoms with Crippen LogP contribution in [-0.4, -0.2) is 188 Å². The van der Waals surface area contributed by atoms with Gasteiger partial charge in [0.15, 0.2) is 11.6 Å². The van der Waals surface area contributed by atoms with Crippen molar-refractivity contribution in [2.24, 2.45) is 5.92 Å². The highest BCUT2D eigenvalue weighted by Gasteiger charge is 2.26. The van der Waals surface area contributed by atoms with Crippen molar-refractivity contribution < 1.29 is 97.2 Å². The Morgan fingerprint density at radius 2 is 0.875 bits per heavy atom. The van der Waals surface area contributed by atoms with Crippen molar-refractivity contribution in [2.45, 2.75) is 198 Å². The van der Waals surface area contributed by atoms with Crippen LogP contribution in [-0.2, 0) is 71.7 Å². The van der Waals surface area contributed by atoms with Gasteiger partial charge in [0.25, 0.3) is 0 Å². The fraction of sp³-hybridized carbons (Fsp3) is 0.800. The van der Waals surface area contributed by atoms with Gasteiger partial charge in [0.2, 0.25) is 23.6 Å². The van der Waals surface area contributed by atoms with E-state index in [0.717, 1.165) is 51.4 Å². The molecule has 0 aliphatic rings. The second-order valence-corrected chi connectivity index (χ2v) is 19.8. The standard InChI is InChI=1S/C55H95N5O20/c1-56-44(47(64)38-61)20-16-17-29-57-48(65)28-26-46(55(75)76)60-50(67)27-23-41(53(71)72)37-43(63)39-79-35-34-78-32-30-58-51(68)40-80-36-33-77-31-18-19-42(62)24-25-45(54(73)74)59-49(66)21-14-12-10-8-6-4-2-3-5-7-9-11-13-15-22-52(69)70/h41,44-46,56,61H,2-40H2,1H3,(H,57,65)(H,58,68)(H,59,66)(H,60,67)(H,69,70)(H,71,72)(H,73,74)(H,75,76)/t41-,44+,45+,46+/m1/s1. The van der Waals surface area contributed by atoms with Crippen LogP contribution in [0.25, 0.3) is 0 Å². The van der Waals surface area contributed by atoms with Crippen molar-refractivity contribution in [3.63, 3.8) is 0 Å². The Labute approximate surface area is 470 Å². The fourth-order valence-electron chi connectivity index (χ4n) is 8.23. The number of likely N-dealkylation sites (N-methyl/N-ethyl adjacent to an activating group) is 1. The molecule has 0 rings (SSSR count). The maximum atomic E-state index is 12.5. The number of aliphatic carboxylic acids is 4. The Morgan fingerprint density at radius 1 is 0.388 bits per heavy atom. The van der Waals surface area contributed by atoms with Crippen LogP contribution in [0.15, 0.2) is 0 Å². The number of unbranched alkanes of at least 4 members (excludes halogenated alkanes) is 14. The predicted molar refractivity (Wildman–Crippen MR) is 291 cm³/mol. The molecule has 0 saturated carbocycles. The Balaban J connectivity index is 3.98. The number of hydrogen-bond donors (Lipinski definition) is 10. The zero-order valence-electron chi connectivity index (χ0n) is 47.2. The number of amides is 4. The van der Waals surface area contributed by atoms with Gasteiger partial charge in [-0.15, -0.1) is 0 Å². The number of carboxylic acid groups (broad SMARTS) is 4. The van der Waals surface area contributed by atoms with Crippen molar-refractivity contribution in [2.75, 3.05) is 79.6 Å². The normalized spacial score (nSPS) is 12.6. The smallest absolute Gasteiger partial charge is 0.326 e. The molecule has 25 nitrogen and oxygen atoms in total. The van der Waals surface area contributed by atoms with Gasteiger partial charge in [-0.3, -0.25) is 43.2 Å². The summed E-state index contributed by atoms with van der Waals surface area (Å²) in [7, 11) is 1.60. The molecule has 0 spiro atoms. The van der Waals surface area contributed by atoms with E-state index in [1.807, 2.05) is 0 Å². The first-order valence-corrected chi connectivity index (χ1v) is 28.6. The number of Topliss-reactive ketones (excluding diaryl/α,β-unsaturated/α-hetero) is 3. The van der Waals surface area contributed by atoms with E-state index in [-0.39, 0.29) is 135 Å². The lowest BCUT2D eigenvalue weighted by molar-refractivity contribution is -0.145. The summed E-state index contributed by atoms with van der Waals surface area (Å²) in [4.78, 5) is 131. The lowest BCUT2D eigenvalue weighted by Gasteiger charge is -2.16. The third kappa shape index (κ3) is 45.3. The second-order valence-electron chi connectivity index (χ2n) is 19.8. The van der Waals surface area contributed by atoms with Crippen LogP contribution < -0.4 is 26.6 Å². The molecule has 0 saturated heterocycles. The van der Waals surface area contributed by atoms with E-state index >= 15 is 0 Å². The van der Waals surface area contributed by atoms with E-state index in [1.54, 1.807) is 7.05 Å². The van der Waals surface area contributed by atoms with Crippen LogP contribution in [0.3, 0.4) is 0 Å². The zero-order valence-corrected chi connectivity index (χ0v) is 47.2. The molecule has 10 N–H and O–H groups in total. The van der Waals surface area contributed by atoms with Crippen LogP contribution in [0.1, 0.15) is 180 Å². The molecule has 0 aliphatic carbocycles. The SMILES string of the molecule is CN[C@@H](CCCCNC(=O)CC[C@H](NC(=O)CC[C@H](CC(=O)COCCOCCNC(=O)COCCOCCCC(=O)CC[C@H](NC(=O)CCCCCCCCCCCCCCCCC(=O)O)C(=O)O)C(=O)O)C(=O)O)C(=O)CO. The molecule has 460 valence electrons. The topological polar surface area (TPSA) is 386 Å². The van der Waals surface area contributed by atoms with Gasteiger partial charge >= 0.3 is 23.9 Å². The molecular weight excluding hydrogens is 1050 g/mol. The van der Waals surface area contributed by atoms with Crippen LogP contribution in [0.2, 0.25) is 0 Å². The molecule has 4 atom stereocenters. The molecule has 4 amide bonds. The van der Waals surface area contributed by atoms with Crippen LogP contribution in [0.4, 0.5) is 0 Å². The number of nitrogens with one attached hydrogen (secondary N) is 5. The molecule has 0 aliphatic heterocycles. The van der Waals surface area contributed by atoms with E-state index in [9.17, 15) is 68.1 Å². The molecule has 0 aromatic heterocycles. The summed E-state index contributed by atoms with van der Waals surface area (Å²) < 4.78 is 21.4. The van der Waals surface area contributed by atoms with Crippen LogP contribution >= 0.6 is 0 Å². The summed E-state index contributed by atoms with van der Waals surface area (Å²) in [6.07, 6.45) is 16.0. The minimum absolute atomic E-state index is 0.00242. The van der Waals surface area contributed by atoms with Crippen molar-refractivity contribution in [1.82, 2.24) is 26.6 Å². The van der Waals surface area contributed by atoms with Gasteiger partial charge in [-0.1, -0.05) is 77.0 Å². The molecule has 25 heteroatoms. The van der Waals surface area contributed by atoms with Crippen LogP contribution in [0, 0.1) is 5.92 Å². The fourth-order valence-corrected chi connectivity index (χ4v) is 8.23. The highest BCUT2D eigenvalue weighted by molar-refractivity contribution is 5.87. The molecular formula is C55H95N5O20. The quantitative estimate of drug-likeness (QED) is 0.0390. The van der Waals surface area contributed by atoms with E-state index in [2.05, 4.69) is 26.6 Å². The van der Waals surface area contributed by atoms with Crippen molar-refractivity contribution >= 4 is 64.9 Å². The number of ketones is 3. The molecule has 0 heterocycles. The summed E-state index contributed by atoms with van der Waals surface area (Å²) >= 11 is 0. The molecule has 0 radical (unpaired) electrons. The van der Waals surface area contributed by atoms with Crippen molar-refractivity contribution in [3.8, 4) is 0 Å². The molecule has 0 aromatic carbocycles. The molecule has 80 heavy (non-hydrogen) atoms. The number of hydrogen-bond acceptors (Lipinski definition) is 17. The second kappa shape index (κ2) is 50.5. The summed E-state index contributed by atoms with van der Waals surface area (Å²) in [5.74, 6) is -8.81. The minimum Gasteiger partial charge on any atom is -0.481 e. The monoisotopic (exact) mass is 1150 g/mol. The van der Waals surface area contributed by atoms with E-state index in [1.165, 1.54) is 32.1 Å². The molecule has 0 fully saturated rings. The first kappa shape index (κ1) is 74.5. The van der Waals surface area contributed by atoms with Gasteiger partial charge in [-0.25, -0.2) is 9.59 Å². The number of aliphatic hydroxyl groups is 1. The maximum Gasteiger partial charge on any atom is 0.326 e. The first-order valence-electron chi connectivity index (χ1n) is 28.6. The molecule has 0 bridgehead atoms. The van der Waals surface area contributed by atoms with Gasteiger partial charge in [0, 0.05) is 64.6 Å². The number of carbonyl (C=O) groups excluding carboxylic acids is 7. The third-order valence-corrected chi connectivity index (χ3v) is 12.9. The summed E-state index contributed by atoms with van der Waals surface area (Å²) in [5, 5.41) is 59.3. The Kier molecular flexibility index (Phi) is 47.0. The third-order valence-electron chi connectivity index (χ3n) is 12.9. The zero-order chi connectivity index (χ0) is 59.6. The number of carbonyl (C=O) groups is 11. The molecule has 0 aromatic rings. The van der Waals surface area contributed by atoms with Gasteiger partial charge in [-0.05, 0) is 64.8 Å². The average Bonchev–Trinajstić information content (AvgIpc) is 3.41. The largest absolute Gasteiger partial charge is 0.481 e. The summed E-state index contributed by atoms with van der Waals surface area (Å²) in [6, 6.07) is -3.04. The Bertz CT molecular complexity index is 1800. The number of ether oxygens (including phenoxy) is 4. The Morgan fingerprint density at radius 3 is 1.41 bits per heavy atom. The van der Waals surface area contributed by atoms with Gasteiger partial charge in [0.05, 0.1) is 45.0 Å². The highest BCUT2D eigenvalue weighted by atomic mass is 16.5. The van der Waals surface area contributed by atoms with E-state index < -0.39 is 91.1 Å². The summed E-state index contributed by atoms with van der Waals surface area (Å²) in [6.45, 7) is -0.0445. The number of aliphatic hydroxyl groups excluding tert-OH is 1.